The quantitative estimate of drug-likeness (QED) is 0.116. The maximum atomic E-state index is 12.7. The molecular weight excluding hydrogens is 572 g/mol. The van der Waals surface area contributed by atoms with Gasteiger partial charge >= 0.3 is 5.97 Å². The first-order chi connectivity index (χ1) is 20.6. The highest BCUT2D eigenvalue weighted by Gasteiger charge is 2.54. The number of carbonyl (C=O) groups is 1. The fourth-order valence-electron chi connectivity index (χ4n) is 4.62. The summed E-state index contributed by atoms with van der Waals surface area (Å²) in [6.07, 6.45) is -7.59. The lowest BCUT2D eigenvalue weighted by atomic mass is 9.97. The maximum Gasteiger partial charge on any atom is 0.331 e. The molecule has 2 aromatic rings. The fraction of sp³-hybridized carbons (Fsp3) is 0.483. The normalized spacial score (nSPS) is 30.9. The summed E-state index contributed by atoms with van der Waals surface area (Å²) in [4.78, 5) is 12.7. The number of carbonyl (C=O) groups excluding carboxylic acids is 1. The monoisotopic (exact) mass is 608 g/mol. The van der Waals surface area contributed by atoms with Crippen molar-refractivity contribution in [2.24, 2.45) is 0 Å². The van der Waals surface area contributed by atoms with Crippen LogP contribution in [0.15, 0.2) is 48.5 Å². The Balaban J connectivity index is 1.49. The number of aromatic hydroxyl groups is 2. The van der Waals surface area contributed by atoms with Crippen molar-refractivity contribution >= 4 is 12.0 Å². The van der Waals surface area contributed by atoms with Crippen LogP contribution in [0.1, 0.15) is 11.1 Å². The Labute approximate surface area is 246 Å². The van der Waals surface area contributed by atoms with Crippen molar-refractivity contribution in [3.63, 3.8) is 0 Å². The van der Waals surface area contributed by atoms with Crippen molar-refractivity contribution in [2.45, 2.75) is 55.1 Å². The summed E-state index contributed by atoms with van der Waals surface area (Å²) in [5, 5.41) is 70.9. The molecule has 2 aliphatic heterocycles. The highest BCUT2D eigenvalue weighted by molar-refractivity contribution is 5.87. The molecule has 4 rings (SSSR count). The molecule has 14 nitrogen and oxygen atoms in total. The maximum absolute atomic E-state index is 12.7. The molecule has 7 N–H and O–H groups in total. The lowest BCUT2D eigenvalue weighted by Crippen LogP contribution is -2.62. The predicted octanol–water partition coefficient (Wildman–Crippen LogP) is -0.805. The van der Waals surface area contributed by atoms with E-state index in [0.717, 1.165) is 11.6 Å². The second-order valence-electron chi connectivity index (χ2n) is 10.2. The number of aliphatic hydroxyl groups is 5. The molecule has 2 aromatic carbocycles. The molecule has 2 heterocycles. The molecule has 0 aromatic heterocycles. The van der Waals surface area contributed by atoms with E-state index in [0.29, 0.717) is 12.0 Å². The summed E-state index contributed by atoms with van der Waals surface area (Å²) in [5.41, 5.74) is -0.697. The minimum absolute atomic E-state index is 0.0398. The fourth-order valence-corrected chi connectivity index (χ4v) is 4.62. The van der Waals surface area contributed by atoms with Gasteiger partial charge in [0, 0.05) is 6.08 Å². The van der Waals surface area contributed by atoms with Gasteiger partial charge in [0.2, 0.25) is 0 Å². The molecule has 8 atom stereocenters. The van der Waals surface area contributed by atoms with Crippen LogP contribution in [0.3, 0.4) is 0 Å². The van der Waals surface area contributed by atoms with Gasteiger partial charge in [-0.15, -0.1) is 0 Å². The second kappa shape index (κ2) is 14.4. The van der Waals surface area contributed by atoms with E-state index in [4.69, 9.17) is 28.4 Å². The third-order valence-electron chi connectivity index (χ3n) is 7.14. The number of benzene rings is 2. The Kier molecular flexibility index (Phi) is 10.9. The minimum Gasteiger partial charge on any atom is -0.508 e. The Morgan fingerprint density at radius 2 is 1.81 bits per heavy atom. The van der Waals surface area contributed by atoms with Gasteiger partial charge in [0.05, 0.1) is 33.5 Å². The van der Waals surface area contributed by atoms with Crippen molar-refractivity contribution in [3.8, 4) is 17.2 Å². The molecule has 14 heteroatoms. The van der Waals surface area contributed by atoms with Gasteiger partial charge in [0.25, 0.3) is 0 Å². The summed E-state index contributed by atoms with van der Waals surface area (Å²) in [6, 6.07) is 10.8. The summed E-state index contributed by atoms with van der Waals surface area (Å²) < 4.78 is 33.2. The van der Waals surface area contributed by atoms with Gasteiger partial charge < -0.3 is 64.2 Å². The van der Waals surface area contributed by atoms with Crippen LogP contribution in [0, 0.1) is 0 Å². The Bertz CT molecular complexity index is 1240. The summed E-state index contributed by atoms with van der Waals surface area (Å²) in [7, 11) is 1.37. The minimum atomic E-state index is -2.01. The standard InChI is InChI=1S/C29H36O14/c1-38-20-12-17(4-8-19(20)33)5-9-22(34)42-24-21(13-30)41-27(39-11-10-16-2-6-18(32)7-3-16)25(23(24)35)43-28-26(36)29(37,14-31)15-40-28/h2-9,12,21,23-28,30-33,35-37H,10-11,13-15H2,1H3/b9-5+/t21-,23+,24-,25-,26+,27-,28+,29-/m1/s1. The van der Waals surface area contributed by atoms with E-state index in [1.54, 1.807) is 12.1 Å². The first-order valence-corrected chi connectivity index (χ1v) is 13.5. The third-order valence-corrected chi connectivity index (χ3v) is 7.14. The molecule has 0 spiro atoms. The largest absolute Gasteiger partial charge is 0.508 e. The molecule has 2 aliphatic rings. The highest BCUT2D eigenvalue weighted by Crippen LogP contribution is 2.33. The van der Waals surface area contributed by atoms with Crippen molar-refractivity contribution in [1.82, 2.24) is 0 Å². The van der Waals surface area contributed by atoms with E-state index in [-0.39, 0.29) is 23.9 Å². The smallest absolute Gasteiger partial charge is 0.331 e. The van der Waals surface area contributed by atoms with Gasteiger partial charge in [-0.1, -0.05) is 18.2 Å². The topological polar surface area (TPSA) is 214 Å². The SMILES string of the molecule is COc1cc(/C=C/C(=O)O[C@H]2[C@H](O)[C@@H](O[C@@H]3OC[C@](O)(CO)[C@H]3O)[C@H](OCCc3ccc(O)cc3)O[C@@H]2CO)ccc1O. The van der Waals surface area contributed by atoms with Gasteiger partial charge in [-0.05, 0) is 47.9 Å². The van der Waals surface area contributed by atoms with Gasteiger partial charge in [0.15, 0.2) is 30.2 Å². The number of rotatable bonds is 12. The van der Waals surface area contributed by atoms with Crippen LogP contribution in [-0.4, -0.2) is 124 Å². The zero-order valence-electron chi connectivity index (χ0n) is 23.3. The average Bonchev–Trinajstić information content (AvgIpc) is 3.29. The molecule has 0 aliphatic carbocycles. The van der Waals surface area contributed by atoms with Crippen LogP contribution in [0.5, 0.6) is 17.2 Å². The number of phenols is 2. The van der Waals surface area contributed by atoms with E-state index in [9.17, 15) is 40.5 Å². The van der Waals surface area contributed by atoms with Crippen molar-refractivity contribution in [2.75, 3.05) is 33.5 Å². The number of esters is 1. The van der Waals surface area contributed by atoms with Gasteiger partial charge in [-0.25, -0.2) is 4.79 Å². The van der Waals surface area contributed by atoms with Crippen molar-refractivity contribution in [3.05, 3.63) is 59.7 Å². The number of methoxy groups -OCH3 is 1. The number of hydrogen-bond donors (Lipinski definition) is 7. The Morgan fingerprint density at radius 1 is 1.07 bits per heavy atom. The molecule has 0 unspecified atom stereocenters. The van der Waals surface area contributed by atoms with Crippen LogP contribution in [0.25, 0.3) is 6.08 Å². The van der Waals surface area contributed by atoms with Crippen LogP contribution >= 0.6 is 0 Å². The molecule has 43 heavy (non-hydrogen) atoms. The molecule has 0 radical (unpaired) electrons. The van der Waals surface area contributed by atoms with Crippen LogP contribution in [0.4, 0.5) is 0 Å². The van der Waals surface area contributed by atoms with E-state index >= 15 is 0 Å². The molecule has 2 saturated heterocycles. The van der Waals surface area contributed by atoms with Gasteiger partial charge in [-0.3, -0.25) is 0 Å². The average molecular weight is 609 g/mol. The summed E-state index contributed by atoms with van der Waals surface area (Å²) in [6.45, 7) is -1.92. The number of ether oxygens (including phenoxy) is 6. The highest BCUT2D eigenvalue weighted by atomic mass is 16.8. The van der Waals surface area contributed by atoms with Crippen LogP contribution in [-0.2, 0) is 34.9 Å². The number of phenolic OH excluding ortho intramolecular Hbond substituents is 2. The molecule has 0 bridgehead atoms. The van der Waals surface area contributed by atoms with Crippen molar-refractivity contribution in [1.29, 1.82) is 0 Å². The molecule has 0 saturated carbocycles. The Hall–Kier alpha value is -3.31. The zero-order chi connectivity index (χ0) is 31.1. The number of aliphatic hydroxyl groups excluding tert-OH is 4. The summed E-state index contributed by atoms with van der Waals surface area (Å²) in [5.74, 6) is -0.711. The first-order valence-electron chi connectivity index (χ1n) is 13.5. The lowest BCUT2D eigenvalue weighted by Gasteiger charge is -2.43. The van der Waals surface area contributed by atoms with Gasteiger partial charge in [-0.2, -0.15) is 0 Å². The molecule has 2 fully saturated rings. The van der Waals surface area contributed by atoms with Crippen LogP contribution < -0.4 is 4.74 Å². The van der Waals surface area contributed by atoms with Crippen molar-refractivity contribution < 1.29 is 69.0 Å². The number of hydrogen-bond acceptors (Lipinski definition) is 14. The van der Waals surface area contributed by atoms with Gasteiger partial charge in [0.1, 0.15) is 35.8 Å². The predicted molar refractivity (Wildman–Crippen MR) is 146 cm³/mol. The van der Waals surface area contributed by atoms with E-state index in [2.05, 4.69) is 0 Å². The molecular formula is C29H36O14. The van der Waals surface area contributed by atoms with Crippen LogP contribution in [0.2, 0.25) is 0 Å². The Morgan fingerprint density at radius 3 is 2.47 bits per heavy atom. The molecule has 0 amide bonds. The molecule has 236 valence electrons. The van der Waals surface area contributed by atoms with E-state index < -0.39 is 74.5 Å². The zero-order valence-corrected chi connectivity index (χ0v) is 23.3. The third kappa shape index (κ3) is 7.80. The van der Waals surface area contributed by atoms with E-state index in [1.807, 2.05) is 0 Å². The first kappa shape index (κ1) is 32.6. The summed E-state index contributed by atoms with van der Waals surface area (Å²) >= 11 is 0. The van der Waals surface area contributed by atoms with E-state index in [1.165, 1.54) is 43.5 Å². The lowest BCUT2D eigenvalue weighted by molar-refractivity contribution is -0.336. The second-order valence-corrected chi connectivity index (χ2v) is 10.2.